The topological polar surface area (TPSA) is 68.4 Å². The van der Waals surface area contributed by atoms with Gasteiger partial charge < -0.3 is 20.1 Å². The first kappa shape index (κ1) is 24.1. The van der Waals surface area contributed by atoms with Crippen LogP contribution in [-0.2, 0) is 4.79 Å². The van der Waals surface area contributed by atoms with Crippen LogP contribution in [0.15, 0.2) is 24.3 Å². The first-order valence-electron chi connectivity index (χ1n) is 12.5. The Bertz CT molecular complexity index is 966. The highest BCUT2D eigenvalue weighted by Crippen LogP contribution is 2.27. The minimum absolute atomic E-state index is 0.0184. The number of aromatic amines is 1. The number of hydrogen-bond donors (Lipinski definition) is 2. The maximum atomic E-state index is 13.0. The van der Waals surface area contributed by atoms with Gasteiger partial charge in [0.05, 0.1) is 0 Å². The normalized spacial score (nSPS) is 21.3. The van der Waals surface area contributed by atoms with Crippen LogP contribution < -0.4 is 5.32 Å². The van der Waals surface area contributed by atoms with Crippen molar-refractivity contribution in [1.82, 2.24) is 20.1 Å². The van der Waals surface area contributed by atoms with Crippen molar-refractivity contribution in [3.63, 3.8) is 0 Å². The summed E-state index contributed by atoms with van der Waals surface area (Å²) in [5.74, 6) is 1.26. The molecule has 2 N–H and O–H groups in total. The van der Waals surface area contributed by atoms with Gasteiger partial charge in [0.2, 0.25) is 5.91 Å². The van der Waals surface area contributed by atoms with Gasteiger partial charge in [-0.3, -0.25) is 9.59 Å². The second-order valence-corrected chi connectivity index (χ2v) is 10.5. The molecule has 0 aliphatic carbocycles. The van der Waals surface area contributed by atoms with Gasteiger partial charge in [0.25, 0.3) is 5.91 Å². The minimum atomic E-state index is -0.0209. The molecule has 1 aromatic carbocycles. The molecule has 2 atom stereocenters. The molecule has 4 rings (SSSR count). The summed E-state index contributed by atoms with van der Waals surface area (Å²) in [5, 5.41) is 4.75. The molecule has 2 saturated heterocycles. The van der Waals surface area contributed by atoms with Gasteiger partial charge in [0.1, 0.15) is 5.69 Å². The number of nitrogens with zero attached hydrogens (tertiary/aromatic N) is 2. The summed E-state index contributed by atoms with van der Waals surface area (Å²) in [5.41, 5.74) is 1.51. The number of H-pyrrole nitrogens is 1. The molecule has 180 valence electrons. The Hall–Kier alpha value is -2.05. The summed E-state index contributed by atoms with van der Waals surface area (Å²) in [7, 11) is 0. The van der Waals surface area contributed by atoms with Gasteiger partial charge in [-0.15, -0.1) is 0 Å². The van der Waals surface area contributed by atoms with E-state index in [1.165, 1.54) is 25.9 Å². The second kappa shape index (κ2) is 10.9. The first-order chi connectivity index (χ1) is 15.9. The van der Waals surface area contributed by atoms with Crippen LogP contribution in [-0.4, -0.2) is 65.9 Å². The number of nitrogens with one attached hydrogen (secondary N) is 2. The summed E-state index contributed by atoms with van der Waals surface area (Å²) < 4.78 is 0. The molecule has 33 heavy (non-hydrogen) atoms. The van der Waals surface area contributed by atoms with Gasteiger partial charge in [-0.2, -0.15) is 0 Å². The third-order valence-electron chi connectivity index (χ3n) is 7.45. The van der Waals surface area contributed by atoms with Crippen LogP contribution in [0.3, 0.4) is 0 Å². The number of aromatic nitrogens is 1. The molecular weight excluding hydrogens is 436 g/mol. The Balaban J connectivity index is 1.19. The summed E-state index contributed by atoms with van der Waals surface area (Å²) in [4.78, 5) is 33.3. The number of carbonyl (C=O) groups excluding carboxylic acids is 2. The molecule has 2 amide bonds. The summed E-state index contributed by atoms with van der Waals surface area (Å²) in [6.07, 6.45) is 5.36. The lowest BCUT2D eigenvalue weighted by Crippen LogP contribution is -2.43. The third kappa shape index (κ3) is 6.10. The summed E-state index contributed by atoms with van der Waals surface area (Å²) in [6, 6.07) is 7.45. The van der Waals surface area contributed by atoms with Gasteiger partial charge in [-0.25, -0.2) is 0 Å². The van der Waals surface area contributed by atoms with Crippen LogP contribution in [0.2, 0.25) is 5.02 Å². The second-order valence-electron chi connectivity index (χ2n) is 10.0. The molecular formula is C26H37ClN4O2. The van der Waals surface area contributed by atoms with Crippen LogP contribution in [0, 0.1) is 17.8 Å². The van der Waals surface area contributed by atoms with Crippen LogP contribution >= 0.6 is 11.6 Å². The molecule has 3 heterocycles. The number of fused-ring (bicyclic) bond motifs is 1. The molecule has 0 saturated carbocycles. The predicted molar refractivity (Wildman–Crippen MR) is 134 cm³/mol. The molecule has 6 nitrogen and oxygen atoms in total. The van der Waals surface area contributed by atoms with Crippen molar-refractivity contribution in [3.8, 4) is 0 Å². The number of benzene rings is 1. The van der Waals surface area contributed by atoms with E-state index in [1.807, 2.05) is 36.1 Å². The van der Waals surface area contributed by atoms with Crippen molar-refractivity contribution in [1.29, 1.82) is 0 Å². The first-order valence-corrected chi connectivity index (χ1v) is 12.9. The van der Waals surface area contributed by atoms with E-state index in [1.54, 1.807) is 0 Å². The largest absolute Gasteiger partial charge is 0.356 e. The number of hydrogen-bond acceptors (Lipinski definition) is 3. The van der Waals surface area contributed by atoms with E-state index in [0.29, 0.717) is 29.7 Å². The quantitative estimate of drug-likeness (QED) is 0.581. The Morgan fingerprint density at radius 1 is 1.18 bits per heavy atom. The van der Waals surface area contributed by atoms with E-state index in [9.17, 15) is 9.59 Å². The Kier molecular flexibility index (Phi) is 7.97. The van der Waals surface area contributed by atoms with Crippen molar-refractivity contribution in [2.75, 3.05) is 39.3 Å². The van der Waals surface area contributed by atoms with Gasteiger partial charge in [-0.05, 0) is 81.3 Å². The SMILES string of the molecule is CC1CCCN(CCCNC(=O)C(C)C2CCN(C(=O)c3cc4cc(Cl)ccc4[nH]3)CC2)C1. The van der Waals surface area contributed by atoms with E-state index >= 15 is 0 Å². The minimum Gasteiger partial charge on any atom is -0.356 e. The maximum Gasteiger partial charge on any atom is 0.270 e. The van der Waals surface area contributed by atoms with E-state index in [0.717, 1.165) is 49.2 Å². The molecule has 0 radical (unpaired) electrons. The predicted octanol–water partition coefficient (Wildman–Crippen LogP) is 4.55. The molecule has 0 spiro atoms. The summed E-state index contributed by atoms with van der Waals surface area (Å²) in [6.45, 7) is 9.92. The fourth-order valence-electron chi connectivity index (χ4n) is 5.37. The summed E-state index contributed by atoms with van der Waals surface area (Å²) >= 11 is 6.06. The average Bonchev–Trinajstić information content (AvgIpc) is 3.24. The number of carbonyl (C=O) groups is 2. The molecule has 2 aliphatic rings. The number of amides is 2. The monoisotopic (exact) mass is 472 g/mol. The zero-order valence-corrected chi connectivity index (χ0v) is 20.7. The highest BCUT2D eigenvalue weighted by molar-refractivity contribution is 6.31. The fourth-order valence-corrected chi connectivity index (χ4v) is 5.55. The molecule has 7 heteroatoms. The Morgan fingerprint density at radius 2 is 1.97 bits per heavy atom. The zero-order valence-electron chi connectivity index (χ0n) is 19.9. The lowest BCUT2D eigenvalue weighted by atomic mass is 9.84. The van der Waals surface area contributed by atoms with Gasteiger partial charge in [0.15, 0.2) is 0 Å². The number of likely N-dealkylation sites (tertiary alicyclic amines) is 2. The van der Waals surface area contributed by atoms with Crippen LogP contribution in [0.5, 0.6) is 0 Å². The van der Waals surface area contributed by atoms with Crippen molar-refractivity contribution in [2.45, 2.75) is 46.0 Å². The van der Waals surface area contributed by atoms with E-state index < -0.39 is 0 Å². The molecule has 1 aromatic heterocycles. The van der Waals surface area contributed by atoms with E-state index in [-0.39, 0.29) is 17.7 Å². The highest BCUT2D eigenvalue weighted by atomic mass is 35.5. The lowest BCUT2D eigenvalue weighted by molar-refractivity contribution is -0.126. The maximum absolute atomic E-state index is 13.0. The molecule has 2 fully saturated rings. The Labute approximate surface area is 202 Å². The van der Waals surface area contributed by atoms with Crippen LogP contribution in [0.25, 0.3) is 10.9 Å². The van der Waals surface area contributed by atoms with Crippen LogP contribution in [0.1, 0.15) is 56.4 Å². The molecule has 2 aromatic rings. The third-order valence-corrected chi connectivity index (χ3v) is 7.69. The Morgan fingerprint density at radius 3 is 2.73 bits per heavy atom. The number of rotatable bonds is 7. The standard InChI is InChI=1S/C26H37ClN4O2/c1-18-5-3-11-30(17-18)12-4-10-28-25(32)19(2)20-8-13-31(14-9-20)26(33)24-16-21-15-22(27)6-7-23(21)29-24/h6-7,15-16,18-20,29H,3-5,8-14,17H2,1-2H3,(H,28,32). The molecule has 0 bridgehead atoms. The highest BCUT2D eigenvalue weighted by Gasteiger charge is 2.30. The van der Waals surface area contributed by atoms with E-state index in [2.05, 4.69) is 22.1 Å². The number of piperidine rings is 2. The molecule has 2 unspecified atom stereocenters. The number of halogens is 1. The van der Waals surface area contributed by atoms with Crippen molar-refractivity contribution < 1.29 is 9.59 Å². The van der Waals surface area contributed by atoms with Crippen molar-refractivity contribution in [2.24, 2.45) is 17.8 Å². The van der Waals surface area contributed by atoms with Gasteiger partial charge in [0, 0.05) is 48.0 Å². The van der Waals surface area contributed by atoms with E-state index in [4.69, 9.17) is 11.6 Å². The smallest absolute Gasteiger partial charge is 0.270 e. The van der Waals surface area contributed by atoms with Gasteiger partial charge in [-0.1, -0.05) is 25.4 Å². The van der Waals surface area contributed by atoms with Gasteiger partial charge >= 0.3 is 0 Å². The zero-order chi connectivity index (χ0) is 23.4. The lowest BCUT2D eigenvalue weighted by Gasteiger charge is -2.34. The fraction of sp³-hybridized carbons (Fsp3) is 0.615. The van der Waals surface area contributed by atoms with Crippen molar-refractivity contribution >= 4 is 34.3 Å². The average molecular weight is 473 g/mol. The van der Waals surface area contributed by atoms with Crippen LogP contribution in [0.4, 0.5) is 0 Å². The molecule has 2 aliphatic heterocycles. The van der Waals surface area contributed by atoms with Crippen molar-refractivity contribution in [3.05, 3.63) is 35.0 Å².